The molecule has 60 valence electrons. The van der Waals surface area contributed by atoms with Crippen molar-refractivity contribution in [3.05, 3.63) is 10.8 Å². The molecule has 0 bridgehead atoms. The van der Waals surface area contributed by atoms with Crippen molar-refractivity contribution >= 4 is 30.1 Å². The largest absolute Gasteiger partial charge is 0.428 e. The van der Waals surface area contributed by atoms with Crippen LogP contribution in [0.1, 0.15) is 13.8 Å². The summed E-state index contributed by atoms with van der Waals surface area (Å²) in [5, 5.41) is 0.359. The molecule has 0 aromatic rings. The van der Waals surface area contributed by atoms with Crippen molar-refractivity contribution in [1.29, 1.82) is 0 Å². The fourth-order valence-electron chi connectivity index (χ4n) is 0.241. The second kappa shape index (κ2) is 3.69. The van der Waals surface area contributed by atoms with Gasteiger partial charge in [-0.1, -0.05) is 11.6 Å². The van der Waals surface area contributed by atoms with Crippen LogP contribution in [0.4, 0.5) is 0 Å². The lowest BCUT2D eigenvalue weighted by atomic mass is 10.5. The van der Waals surface area contributed by atoms with Crippen molar-refractivity contribution in [2.75, 3.05) is 0 Å². The van der Waals surface area contributed by atoms with Gasteiger partial charge in [-0.05, 0) is 13.8 Å². The Labute approximate surface area is 69.5 Å². The highest BCUT2D eigenvalue weighted by Crippen LogP contribution is 2.40. The standard InChI is InChI=1S/C4H8ClO3PS/c1-3(5)4(2)8-9(6,7)10/h1-2H3,(H2,6,7,10). The van der Waals surface area contributed by atoms with Crippen molar-refractivity contribution in [3.63, 3.8) is 0 Å². The quantitative estimate of drug-likeness (QED) is 0.529. The lowest BCUT2D eigenvalue weighted by Crippen LogP contribution is -1.86. The molecule has 0 saturated heterocycles. The summed E-state index contributed by atoms with van der Waals surface area (Å²) >= 11 is 9.63. The molecule has 0 rings (SSSR count). The Morgan fingerprint density at radius 2 is 1.90 bits per heavy atom. The maximum Gasteiger partial charge on any atom is 0.374 e. The zero-order valence-electron chi connectivity index (χ0n) is 5.54. The Balaban J connectivity index is 4.20. The second-order valence-electron chi connectivity index (χ2n) is 1.67. The number of hydrogen-bond donors (Lipinski definition) is 2. The average Bonchev–Trinajstić information content (AvgIpc) is 1.60. The van der Waals surface area contributed by atoms with Gasteiger partial charge in [-0.25, -0.2) is 0 Å². The van der Waals surface area contributed by atoms with Gasteiger partial charge in [0.25, 0.3) is 0 Å². The summed E-state index contributed by atoms with van der Waals surface area (Å²) in [7, 11) is 0. The molecule has 0 aliphatic rings. The smallest absolute Gasteiger partial charge is 0.374 e. The van der Waals surface area contributed by atoms with E-state index in [1.165, 1.54) is 6.92 Å². The zero-order chi connectivity index (χ0) is 8.36. The summed E-state index contributed by atoms with van der Waals surface area (Å²) in [5.41, 5.74) is 0. The van der Waals surface area contributed by atoms with E-state index in [-0.39, 0.29) is 5.76 Å². The van der Waals surface area contributed by atoms with Gasteiger partial charge in [-0.3, -0.25) is 0 Å². The minimum atomic E-state index is -3.58. The third-order valence-corrected chi connectivity index (χ3v) is 1.74. The summed E-state index contributed by atoms with van der Waals surface area (Å²) in [5.74, 6) is 0.245. The molecule has 0 saturated carbocycles. The van der Waals surface area contributed by atoms with E-state index in [0.29, 0.717) is 5.03 Å². The summed E-state index contributed by atoms with van der Waals surface area (Å²) in [6.45, 7) is -0.504. The van der Waals surface area contributed by atoms with E-state index in [0.717, 1.165) is 0 Å². The molecule has 10 heavy (non-hydrogen) atoms. The van der Waals surface area contributed by atoms with Gasteiger partial charge in [-0.15, -0.1) is 0 Å². The number of rotatable bonds is 2. The van der Waals surface area contributed by atoms with Crippen molar-refractivity contribution in [2.45, 2.75) is 13.8 Å². The summed E-state index contributed by atoms with van der Waals surface area (Å²) < 4.78 is 4.48. The average molecular weight is 203 g/mol. The third kappa shape index (κ3) is 5.21. The van der Waals surface area contributed by atoms with E-state index < -0.39 is 6.72 Å². The van der Waals surface area contributed by atoms with Crippen LogP contribution in [0.5, 0.6) is 0 Å². The van der Waals surface area contributed by atoms with E-state index in [2.05, 4.69) is 16.3 Å². The summed E-state index contributed by atoms with van der Waals surface area (Å²) in [6, 6.07) is 0. The van der Waals surface area contributed by atoms with Crippen LogP contribution in [0, 0.1) is 0 Å². The number of allylic oxidation sites excluding steroid dienone is 2. The van der Waals surface area contributed by atoms with Crippen LogP contribution in [-0.2, 0) is 16.3 Å². The van der Waals surface area contributed by atoms with Gasteiger partial charge in [0, 0.05) is 11.8 Å². The highest BCUT2D eigenvalue weighted by atomic mass is 35.5. The van der Waals surface area contributed by atoms with Gasteiger partial charge >= 0.3 is 6.72 Å². The fraction of sp³-hybridized carbons (Fsp3) is 0.500. The minimum Gasteiger partial charge on any atom is -0.428 e. The molecule has 2 N–H and O–H groups in total. The van der Waals surface area contributed by atoms with Crippen molar-refractivity contribution in [3.8, 4) is 0 Å². The first kappa shape index (κ1) is 10.4. The molecule has 0 fully saturated rings. The molecule has 0 amide bonds. The molecule has 0 spiro atoms. The van der Waals surface area contributed by atoms with Gasteiger partial charge in [0.2, 0.25) is 0 Å². The summed E-state index contributed by atoms with van der Waals surface area (Å²) in [6.07, 6.45) is 0. The topological polar surface area (TPSA) is 49.7 Å². The Morgan fingerprint density at radius 1 is 1.50 bits per heavy atom. The first-order valence-electron chi connectivity index (χ1n) is 2.41. The van der Waals surface area contributed by atoms with E-state index in [4.69, 9.17) is 21.4 Å². The zero-order valence-corrected chi connectivity index (χ0v) is 8.00. The highest BCUT2D eigenvalue weighted by molar-refractivity contribution is 8.06. The normalized spacial score (nSPS) is 14.5. The molecule has 0 aromatic heterocycles. The van der Waals surface area contributed by atoms with Crippen molar-refractivity contribution < 1.29 is 14.3 Å². The van der Waals surface area contributed by atoms with Gasteiger partial charge in [-0.2, -0.15) is 0 Å². The molecule has 0 heterocycles. The van der Waals surface area contributed by atoms with E-state index in [1.54, 1.807) is 6.92 Å². The molecular formula is C4H8ClO3PS. The molecule has 0 aromatic carbocycles. The van der Waals surface area contributed by atoms with Crippen molar-refractivity contribution in [1.82, 2.24) is 0 Å². The summed E-state index contributed by atoms with van der Waals surface area (Å²) in [4.78, 5) is 17.2. The van der Waals surface area contributed by atoms with E-state index in [9.17, 15) is 0 Å². The van der Waals surface area contributed by atoms with Crippen molar-refractivity contribution in [2.24, 2.45) is 0 Å². The monoisotopic (exact) mass is 202 g/mol. The molecule has 6 heteroatoms. The lowest BCUT2D eigenvalue weighted by Gasteiger charge is -2.09. The van der Waals surface area contributed by atoms with Crippen LogP contribution < -0.4 is 0 Å². The third-order valence-electron chi connectivity index (χ3n) is 0.741. The molecule has 0 unspecified atom stereocenters. The molecule has 0 aliphatic heterocycles. The van der Waals surface area contributed by atoms with E-state index >= 15 is 0 Å². The van der Waals surface area contributed by atoms with Crippen LogP contribution in [0.2, 0.25) is 0 Å². The molecule has 0 atom stereocenters. The predicted octanol–water partition coefficient (Wildman–Crippen LogP) is 1.70. The highest BCUT2D eigenvalue weighted by Gasteiger charge is 2.09. The number of hydrogen-bond acceptors (Lipinski definition) is 2. The fourth-order valence-corrected chi connectivity index (χ4v) is 1.16. The van der Waals surface area contributed by atoms with Crippen LogP contribution >= 0.6 is 18.3 Å². The van der Waals surface area contributed by atoms with Crippen LogP contribution in [-0.4, -0.2) is 9.79 Å². The van der Waals surface area contributed by atoms with Gasteiger partial charge in [0.05, 0.1) is 5.03 Å². The molecular weight excluding hydrogens is 195 g/mol. The van der Waals surface area contributed by atoms with Crippen LogP contribution in [0.15, 0.2) is 10.8 Å². The lowest BCUT2D eigenvalue weighted by molar-refractivity contribution is 0.314. The SMILES string of the molecule is CC(Cl)=C(C)OP(O)(O)=S. The maximum atomic E-state index is 8.60. The Kier molecular flexibility index (Phi) is 3.84. The maximum absolute atomic E-state index is 8.60. The first-order chi connectivity index (χ1) is 4.33. The molecule has 0 radical (unpaired) electrons. The van der Waals surface area contributed by atoms with Gasteiger partial charge < -0.3 is 14.3 Å². The Bertz CT molecular complexity index is 193. The van der Waals surface area contributed by atoms with Gasteiger partial charge in [0.1, 0.15) is 5.76 Å². The Hall–Kier alpha value is 0.400. The number of halogens is 1. The Morgan fingerprint density at radius 3 is 2.00 bits per heavy atom. The molecule has 0 aliphatic carbocycles. The van der Waals surface area contributed by atoms with Crippen LogP contribution in [0.3, 0.4) is 0 Å². The second-order valence-corrected chi connectivity index (χ2v) is 4.83. The first-order valence-corrected chi connectivity index (χ1v) is 5.41. The molecule has 3 nitrogen and oxygen atoms in total. The van der Waals surface area contributed by atoms with Gasteiger partial charge in [0.15, 0.2) is 0 Å². The van der Waals surface area contributed by atoms with Crippen LogP contribution in [0.25, 0.3) is 0 Å². The van der Waals surface area contributed by atoms with E-state index in [1.807, 2.05) is 0 Å². The minimum absolute atomic E-state index is 0.245. The predicted molar refractivity (Wildman–Crippen MR) is 44.0 cm³/mol.